The summed E-state index contributed by atoms with van der Waals surface area (Å²) in [4.78, 5) is 25.1. The molecule has 1 heterocycles. The second-order valence-electron chi connectivity index (χ2n) is 5.22. The Morgan fingerprint density at radius 1 is 1.43 bits per heavy atom. The molecule has 1 aromatic carbocycles. The molecule has 1 saturated heterocycles. The summed E-state index contributed by atoms with van der Waals surface area (Å²) in [5.74, 6) is -1.79. The Balaban J connectivity index is 2.03. The minimum absolute atomic E-state index is 0.0529. The zero-order valence-electron chi connectivity index (χ0n) is 11.0. The van der Waals surface area contributed by atoms with Crippen molar-refractivity contribution in [3.63, 3.8) is 0 Å². The first-order valence-corrected chi connectivity index (χ1v) is 7.39. The standard InChI is InChI=1S/C14H13BrFNO4/c15-9-5-7(1-4-10(9)16)12-13(14(19)20)21-6-11(18)17(12)8-2-3-8/h1,4-5,8,12-13H,2-3,6H2,(H,19,20). The lowest BCUT2D eigenvalue weighted by Gasteiger charge is -2.39. The monoisotopic (exact) mass is 357 g/mol. The van der Waals surface area contributed by atoms with Gasteiger partial charge in [0.25, 0.3) is 0 Å². The largest absolute Gasteiger partial charge is 0.479 e. The summed E-state index contributed by atoms with van der Waals surface area (Å²) in [5.41, 5.74) is 0.552. The Bertz CT molecular complexity index is 605. The Hall–Kier alpha value is -1.47. The maximum Gasteiger partial charge on any atom is 0.335 e. The summed E-state index contributed by atoms with van der Waals surface area (Å²) < 4.78 is 18.8. The number of halogens is 2. The summed E-state index contributed by atoms with van der Waals surface area (Å²) in [6.45, 7) is -0.230. The lowest BCUT2D eigenvalue weighted by Crippen LogP contribution is -2.52. The average molecular weight is 358 g/mol. The molecule has 1 aromatic rings. The summed E-state index contributed by atoms with van der Waals surface area (Å²) in [7, 11) is 0. The van der Waals surface area contributed by atoms with Gasteiger partial charge in [-0.2, -0.15) is 0 Å². The van der Waals surface area contributed by atoms with E-state index >= 15 is 0 Å². The highest BCUT2D eigenvalue weighted by Gasteiger charge is 2.47. The van der Waals surface area contributed by atoms with Gasteiger partial charge in [0, 0.05) is 6.04 Å². The summed E-state index contributed by atoms with van der Waals surface area (Å²) >= 11 is 3.09. The van der Waals surface area contributed by atoms with Crippen molar-refractivity contribution in [2.75, 3.05) is 6.61 Å². The number of hydrogen-bond acceptors (Lipinski definition) is 3. The van der Waals surface area contributed by atoms with Crippen molar-refractivity contribution < 1.29 is 23.8 Å². The molecule has 2 aliphatic rings. The van der Waals surface area contributed by atoms with Gasteiger partial charge in [-0.1, -0.05) is 6.07 Å². The maximum atomic E-state index is 13.4. The molecule has 3 rings (SSSR count). The van der Waals surface area contributed by atoms with Crippen LogP contribution in [0.4, 0.5) is 4.39 Å². The first kappa shape index (κ1) is 14.5. The fourth-order valence-electron chi connectivity index (χ4n) is 2.65. The molecule has 21 heavy (non-hydrogen) atoms. The molecule has 0 radical (unpaired) electrons. The zero-order chi connectivity index (χ0) is 15.1. The van der Waals surface area contributed by atoms with Gasteiger partial charge in [0.05, 0.1) is 10.5 Å². The number of carboxylic acids is 1. The molecule has 1 aliphatic heterocycles. The molecule has 1 amide bonds. The number of amides is 1. The van der Waals surface area contributed by atoms with Crippen LogP contribution in [0.5, 0.6) is 0 Å². The molecule has 1 aliphatic carbocycles. The van der Waals surface area contributed by atoms with Crippen LogP contribution in [-0.4, -0.2) is 40.6 Å². The van der Waals surface area contributed by atoms with Crippen LogP contribution < -0.4 is 0 Å². The molecule has 2 fully saturated rings. The summed E-state index contributed by atoms with van der Waals surface area (Å²) in [5, 5.41) is 9.35. The molecule has 0 bridgehead atoms. The van der Waals surface area contributed by atoms with Gasteiger partial charge in [-0.3, -0.25) is 4.79 Å². The first-order valence-electron chi connectivity index (χ1n) is 6.59. The molecule has 1 N–H and O–H groups in total. The van der Waals surface area contributed by atoms with Crippen molar-refractivity contribution in [2.24, 2.45) is 0 Å². The second kappa shape index (κ2) is 5.38. The third-order valence-corrected chi connectivity index (χ3v) is 4.34. The van der Waals surface area contributed by atoms with E-state index in [1.165, 1.54) is 18.2 Å². The van der Waals surface area contributed by atoms with Gasteiger partial charge in [-0.05, 0) is 46.5 Å². The van der Waals surface area contributed by atoms with Crippen LogP contribution in [0.3, 0.4) is 0 Å². The van der Waals surface area contributed by atoms with Crippen molar-refractivity contribution in [1.82, 2.24) is 4.90 Å². The van der Waals surface area contributed by atoms with E-state index in [0.717, 1.165) is 12.8 Å². The third kappa shape index (κ3) is 2.67. The van der Waals surface area contributed by atoms with Gasteiger partial charge < -0.3 is 14.7 Å². The Labute approximate surface area is 128 Å². The number of morpholine rings is 1. The van der Waals surface area contributed by atoms with E-state index in [1.54, 1.807) is 4.90 Å². The molecule has 5 nitrogen and oxygen atoms in total. The van der Waals surface area contributed by atoms with E-state index in [0.29, 0.717) is 5.56 Å². The minimum atomic E-state index is -1.14. The van der Waals surface area contributed by atoms with Crippen LogP contribution in [0.1, 0.15) is 24.4 Å². The van der Waals surface area contributed by atoms with Gasteiger partial charge in [0.2, 0.25) is 5.91 Å². The van der Waals surface area contributed by atoms with E-state index in [4.69, 9.17) is 4.74 Å². The summed E-state index contributed by atoms with van der Waals surface area (Å²) in [6.07, 6.45) is 0.578. The van der Waals surface area contributed by atoms with E-state index in [-0.39, 0.29) is 23.0 Å². The lowest BCUT2D eigenvalue weighted by atomic mass is 9.97. The Morgan fingerprint density at radius 3 is 2.71 bits per heavy atom. The van der Waals surface area contributed by atoms with Crippen LogP contribution >= 0.6 is 15.9 Å². The van der Waals surface area contributed by atoms with Crippen LogP contribution in [0.2, 0.25) is 0 Å². The molecule has 2 atom stereocenters. The van der Waals surface area contributed by atoms with E-state index in [1.807, 2.05) is 0 Å². The highest BCUT2D eigenvalue weighted by molar-refractivity contribution is 9.10. The van der Waals surface area contributed by atoms with Crippen LogP contribution in [0, 0.1) is 5.82 Å². The van der Waals surface area contributed by atoms with Crippen molar-refractivity contribution in [2.45, 2.75) is 31.0 Å². The minimum Gasteiger partial charge on any atom is -0.479 e. The molecule has 1 saturated carbocycles. The van der Waals surface area contributed by atoms with Crippen LogP contribution in [0.15, 0.2) is 22.7 Å². The third-order valence-electron chi connectivity index (χ3n) is 3.73. The quantitative estimate of drug-likeness (QED) is 0.899. The number of nitrogens with zero attached hydrogens (tertiary/aromatic N) is 1. The number of rotatable bonds is 3. The van der Waals surface area contributed by atoms with Gasteiger partial charge >= 0.3 is 5.97 Å². The van der Waals surface area contributed by atoms with Crippen LogP contribution in [0.25, 0.3) is 0 Å². The molecule has 0 aromatic heterocycles. The number of ether oxygens (including phenoxy) is 1. The average Bonchev–Trinajstić information content (AvgIpc) is 3.25. The predicted molar refractivity (Wildman–Crippen MR) is 74.1 cm³/mol. The lowest BCUT2D eigenvalue weighted by molar-refractivity contribution is -0.174. The predicted octanol–water partition coefficient (Wildman–Crippen LogP) is 2.10. The number of carboxylic acid groups (broad SMARTS) is 1. The molecule has 2 unspecified atom stereocenters. The van der Waals surface area contributed by atoms with Crippen molar-refractivity contribution in [3.8, 4) is 0 Å². The molecule has 112 valence electrons. The second-order valence-corrected chi connectivity index (χ2v) is 6.07. The zero-order valence-corrected chi connectivity index (χ0v) is 12.5. The maximum absolute atomic E-state index is 13.4. The molecule has 7 heteroatoms. The Morgan fingerprint density at radius 2 is 2.14 bits per heavy atom. The summed E-state index contributed by atoms with van der Waals surface area (Å²) in [6, 6.07) is 3.58. The van der Waals surface area contributed by atoms with Gasteiger partial charge in [-0.25, -0.2) is 9.18 Å². The van der Waals surface area contributed by atoms with E-state index in [9.17, 15) is 19.1 Å². The van der Waals surface area contributed by atoms with Crippen molar-refractivity contribution in [1.29, 1.82) is 0 Å². The number of carbonyl (C=O) groups excluding carboxylic acids is 1. The van der Waals surface area contributed by atoms with Gasteiger partial charge in [0.1, 0.15) is 12.4 Å². The molecular weight excluding hydrogens is 345 g/mol. The number of carbonyl (C=O) groups is 2. The Kier molecular flexibility index (Phi) is 3.71. The SMILES string of the molecule is O=C(O)C1OCC(=O)N(C2CC2)C1c1ccc(F)c(Br)c1. The molecular formula is C14H13BrFNO4. The first-order chi connectivity index (χ1) is 9.99. The number of hydrogen-bond donors (Lipinski definition) is 1. The highest BCUT2D eigenvalue weighted by Crippen LogP contribution is 2.40. The smallest absolute Gasteiger partial charge is 0.335 e. The fourth-order valence-corrected chi connectivity index (χ4v) is 3.05. The number of benzene rings is 1. The van der Waals surface area contributed by atoms with Gasteiger partial charge in [0.15, 0.2) is 6.10 Å². The van der Waals surface area contributed by atoms with Crippen LogP contribution in [-0.2, 0) is 14.3 Å². The fraction of sp³-hybridized carbons (Fsp3) is 0.429. The normalized spacial score (nSPS) is 26.0. The number of aliphatic carboxylic acids is 1. The topological polar surface area (TPSA) is 66.8 Å². The van der Waals surface area contributed by atoms with Crippen molar-refractivity contribution in [3.05, 3.63) is 34.1 Å². The van der Waals surface area contributed by atoms with E-state index < -0.39 is 23.9 Å². The highest BCUT2D eigenvalue weighted by atomic mass is 79.9. The molecule has 0 spiro atoms. The van der Waals surface area contributed by atoms with Crippen molar-refractivity contribution >= 4 is 27.8 Å². The van der Waals surface area contributed by atoms with Gasteiger partial charge in [-0.15, -0.1) is 0 Å². The van der Waals surface area contributed by atoms with E-state index in [2.05, 4.69) is 15.9 Å².